The molecule has 0 radical (unpaired) electrons. The van der Waals surface area contributed by atoms with Crippen LogP contribution < -0.4 is 4.74 Å². The number of carbonyl (C=O) groups is 2. The Labute approximate surface area is 129 Å². The second-order valence-corrected chi connectivity index (χ2v) is 4.51. The van der Waals surface area contributed by atoms with E-state index in [0.717, 1.165) is 0 Å². The van der Waals surface area contributed by atoms with E-state index < -0.39 is 5.91 Å². The number of amides is 1. The predicted octanol–water partition coefficient (Wildman–Crippen LogP) is 0.948. The molecule has 0 heterocycles. The standard InChI is InChI=1S/C15H21NO6/c1-20-6-4-16(5-7-21-2)15(19)12-8-11(10-17)9-13(22-3)14(12)18/h8-10,18H,4-7H2,1-3H3. The number of hydrogen-bond donors (Lipinski definition) is 1. The van der Waals surface area contributed by atoms with E-state index in [1.807, 2.05) is 0 Å². The molecule has 0 spiro atoms. The number of rotatable bonds is 9. The maximum atomic E-state index is 12.6. The van der Waals surface area contributed by atoms with Crippen molar-refractivity contribution in [2.24, 2.45) is 0 Å². The minimum absolute atomic E-state index is 0.00801. The molecule has 0 fully saturated rings. The second kappa shape index (κ2) is 9.01. The summed E-state index contributed by atoms with van der Waals surface area (Å²) in [7, 11) is 4.42. The third-order valence-corrected chi connectivity index (χ3v) is 3.10. The Bertz CT molecular complexity index is 509. The molecule has 1 aromatic rings. The van der Waals surface area contributed by atoms with Gasteiger partial charge in [-0.3, -0.25) is 9.59 Å². The highest BCUT2D eigenvalue weighted by Gasteiger charge is 2.22. The summed E-state index contributed by atoms with van der Waals surface area (Å²) < 4.78 is 15.0. The lowest BCUT2D eigenvalue weighted by Gasteiger charge is -2.23. The SMILES string of the molecule is COCCN(CCOC)C(=O)c1cc(C=O)cc(OC)c1O. The number of phenols is 1. The third kappa shape index (κ3) is 4.44. The molecular weight excluding hydrogens is 290 g/mol. The number of methoxy groups -OCH3 is 3. The molecule has 7 heteroatoms. The van der Waals surface area contributed by atoms with Crippen molar-refractivity contribution in [2.45, 2.75) is 0 Å². The van der Waals surface area contributed by atoms with Crippen LogP contribution in [0, 0.1) is 0 Å². The first-order valence-electron chi connectivity index (χ1n) is 6.72. The van der Waals surface area contributed by atoms with Crippen LogP contribution in [-0.4, -0.2) is 69.8 Å². The number of hydrogen-bond acceptors (Lipinski definition) is 6. The smallest absolute Gasteiger partial charge is 0.257 e. The van der Waals surface area contributed by atoms with Crippen LogP contribution in [0.25, 0.3) is 0 Å². The van der Waals surface area contributed by atoms with Crippen LogP contribution in [0.1, 0.15) is 20.7 Å². The molecule has 1 amide bonds. The fraction of sp³-hybridized carbons (Fsp3) is 0.467. The lowest BCUT2D eigenvalue weighted by molar-refractivity contribution is 0.0624. The lowest BCUT2D eigenvalue weighted by Crippen LogP contribution is -2.36. The first-order chi connectivity index (χ1) is 10.6. The van der Waals surface area contributed by atoms with Crippen molar-refractivity contribution in [1.82, 2.24) is 4.90 Å². The van der Waals surface area contributed by atoms with Crippen molar-refractivity contribution >= 4 is 12.2 Å². The lowest BCUT2D eigenvalue weighted by atomic mass is 10.1. The summed E-state index contributed by atoms with van der Waals surface area (Å²) in [6.45, 7) is 1.37. The molecule has 0 aliphatic rings. The maximum absolute atomic E-state index is 12.6. The zero-order valence-electron chi connectivity index (χ0n) is 13.0. The van der Waals surface area contributed by atoms with Gasteiger partial charge in [-0.15, -0.1) is 0 Å². The van der Waals surface area contributed by atoms with Gasteiger partial charge in [0, 0.05) is 32.9 Å². The monoisotopic (exact) mass is 311 g/mol. The molecule has 122 valence electrons. The molecule has 1 aromatic carbocycles. The Hall–Kier alpha value is -2.12. The molecule has 0 saturated heterocycles. The number of phenolic OH excluding ortho intramolecular Hbond substituents is 1. The molecule has 0 bridgehead atoms. The third-order valence-electron chi connectivity index (χ3n) is 3.10. The van der Waals surface area contributed by atoms with Crippen LogP contribution in [0.3, 0.4) is 0 Å². The van der Waals surface area contributed by atoms with Gasteiger partial charge in [0.25, 0.3) is 5.91 Å². The summed E-state index contributed by atoms with van der Waals surface area (Å²) >= 11 is 0. The van der Waals surface area contributed by atoms with E-state index in [1.165, 1.54) is 38.4 Å². The minimum atomic E-state index is -0.423. The van der Waals surface area contributed by atoms with Crippen molar-refractivity contribution in [3.8, 4) is 11.5 Å². The summed E-state index contributed by atoms with van der Waals surface area (Å²) in [6, 6.07) is 2.70. The Morgan fingerprint density at radius 2 is 1.77 bits per heavy atom. The first kappa shape index (κ1) is 17.9. The fourth-order valence-electron chi connectivity index (χ4n) is 1.90. The Morgan fingerprint density at radius 3 is 2.23 bits per heavy atom. The molecule has 1 N–H and O–H groups in total. The quantitative estimate of drug-likeness (QED) is 0.683. The van der Waals surface area contributed by atoms with E-state index in [-0.39, 0.29) is 22.6 Å². The summed E-state index contributed by atoms with van der Waals surface area (Å²) in [5.41, 5.74) is 0.255. The molecule has 0 unspecified atom stereocenters. The van der Waals surface area contributed by atoms with Crippen molar-refractivity contribution in [2.75, 3.05) is 47.6 Å². The highest BCUT2D eigenvalue weighted by atomic mass is 16.5. The van der Waals surface area contributed by atoms with E-state index in [1.54, 1.807) is 0 Å². The molecule has 0 saturated carbocycles. The highest BCUT2D eigenvalue weighted by Crippen LogP contribution is 2.31. The van der Waals surface area contributed by atoms with Gasteiger partial charge < -0.3 is 24.2 Å². The van der Waals surface area contributed by atoms with Gasteiger partial charge in [0.05, 0.1) is 25.9 Å². The highest BCUT2D eigenvalue weighted by molar-refractivity contribution is 5.99. The van der Waals surface area contributed by atoms with Crippen LogP contribution in [0.15, 0.2) is 12.1 Å². The summed E-state index contributed by atoms with van der Waals surface area (Å²) in [5, 5.41) is 10.1. The largest absolute Gasteiger partial charge is 0.504 e. The van der Waals surface area contributed by atoms with E-state index in [4.69, 9.17) is 14.2 Å². The molecule has 0 atom stereocenters. The number of benzene rings is 1. The van der Waals surface area contributed by atoms with Crippen LogP contribution in [-0.2, 0) is 9.47 Å². The van der Waals surface area contributed by atoms with Gasteiger partial charge in [0.1, 0.15) is 6.29 Å². The van der Waals surface area contributed by atoms with Gasteiger partial charge in [-0.05, 0) is 12.1 Å². The number of aromatic hydroxyl groups is 1. The van der Waals surface area contributed by atoms with E-state index in [9.17, 15) is 14.7 Å². The molecule has 7 nitrogen and oxygen atoms in total. The van der Waals surface area contributed by atoms with Gasteiger partial charge in [0.15, 0.2) is 11.5 Å². The normalized spacial score (nSPS) is 10.3. The molecule has 1 rings (SSSR count). The fourth-order valence-corrected chi connectivity index (χ4v) is 1.90. The minimum Gasteiger partial charge on any atom is -0.504 e. The van der Waals surface area contributed by atoms with E-state index in [0.29, 0.717) is 32.6 Å². The van der Waals surface area contributed by atoms with Crippen molar-refractivity contribution in [3.63, 3.8) is 0 Å². The molecular formula is C15H21NO6. The van der Waals surface area contributed by atoms with Crippen molar-refractivity contribution in [1.29, 1.82) is 0 Å². The Kier molecular flexibility index (Phi) is 7.34. The van der Waals surface area contributed by atoms with E-state index >= 15 is 0 Å². The van der Waals surface area contributed by atoms with Crippen molar-refractivity contribution < 1.29 is 28.9 Å². The zero-order chi connectivity index (χ0) is 16.5. The van der Waals surface area contributed by atoms with Crippen LogP contribution >= 0.6 is 0 Å². The molecule has 0 aliphatic carbocycles. The Morgan fingerprint density at radius 1 is 1.18 bits per heavy atom. The molecule has 22 heavy (non-hydrogen) atoms. The topological polar surface area (TPSA) is 85.3 Å². The first-order valence-corrected chi connectivity index (χ1v) is 6.72. The van der Waals surface area contributed by atoms with Crippen LogP contribution in [0.2, 0.25) is 0 Å². The number of aldehydes is 1. The number of ether oxygens (including phenoxy) is 3. The number of nitrogens with zero attached hydrogens (tertiary/aromatic N) is 1. The van der Waals surface area contributed by atoms with E-state index in [2.05, 4.69) is 0 Å². The van der Waals surface area contributed by atoms with Crippen molar-refractivity contribution in [3.05, 3.63) is 23.3 Å². The van der Waals surface area contributed by atoms with Gasteiger partial charge in [-0.2, -0.15) is 0 Å². The predicted molar refractivity (Wildman–Crippen MR) is 79.7 cm³/mol. The van der Waals surface area contributed by atoms with Crippen LogP contribution in [0.4, 0.5) is 0 Å². The summed E-state index contributed by atoms with van der Waals surface area (Å²) in [6.07, 6.45) is 0.591. The summed E-state index contributed by atoms with van der Waals surface area (Å²) in [5.74, 6) is -0.641. The van der Waals surface area contributed by atoms with Gasteiger partial charge >= 0.3 is 0 Å². The Balaban J connectivity index is 3.13. The zero-order valence-corrected chi connectivity index (χ0v) is 13.0. The number of carbonyl (C=O) groups excluding carboxylic acids is 2. The van der Waals surface area contributed by atoms with Crippen LogP contribution in [0.5, 0.6) is 11.5 Å². The average molecular weight is 311 g/mol. The molecule has 0 aliphatic heterocycles. The summed E-state index contributed by atoms with van der Waals surface area (Å²) in [4.78, 5) is 25.1. The van der Waals surface area contributed by atoms with Gasteiger partial charge in [-0.1, -0.05) is 0 Å². The maximum Gasteiger partial charge on any atom is 0.257 e. The molecule has 0 aromatic heterocycles. The van der Waals surface area contributed by atoms with Gasteiger partial charge in [0.2, 0.25) is 0 Å². The van der Waals surface area contributed by atoms with Gasteiger partial charge in [-0.25, -0.2) is 0 Å². The average Bonchev–Trinajstić information content (AvgIpc) is 2.54. The second-order valence-electron chi connectivity index (χ2n) is 4.51.